The van der Waals surface area contributed by atoms with E-state index in [0.717, 1.165) is 30.6 Å². The van der Waals surface area contributed by atoms with E-state index in [4.69, 9.17) is 0 Å². The Hall–Kier alpha value is -1.18. The molecule has 2 nitrogen and oxygen atoms in total. The van der Waals surface area contributed by atoms with E-state index in [1.807, 2.05) is 12.3 Å². The molecule has 100 valence electrons. The van der Waals surface area contributed by atoms with Crippen molar-refractivity contribution in [3.63, 3.8) is 0 Å². The van der Waals surface area contributed by atoms with Crippen molar-refractivity contribution < 1.29 is 4.79 Å². The zero-order chi connectivity index (χ0) is 12.9. The van der Waals surface area contributed by atoms with Crippen LogP contribution in [-0.2, 0) is 11.2 Å². The number of ketones is 1. The molecule has 1 heterocycles. The Labute approximate surface area is 114 Å². The number of rotatable bonds is 4. The van der Waals surface area contributed by atoms with Gasteiger partial charge in [-0.3, -0.25) is 9.78 Å². The Morgan fingerprint density at radius 2 is 2.05 bits per heavy atom. The fraction of sp³-hybridized carbons (Fsp3) is 0.647. The zero-order valence-electron chi connectivity index (χ0n) is 11.3. The average molecular weight is 255 g/mol. The molecule has 4 aliphatic carbocycles. The maximum Gasteiger partial charge on any atom is 0.139 e. The van der Waals surface area contributed by atoms with Gasteiger partial charge >= 0.3 is 0 Å². The van der Waals surface area contributed by atoms with Crippen LogP contribution in [0, 0.1) is 23.2 Å². The minimum Gasteiger partial charge on any atom is -0.299 e. The smallest absolute Gasteiger partial charge is 0.139 e. The highest BCUT2D eigenvalue weighted by atomic mass is 16.1. The highest BCUT2D eigenvalue weighted by Crippen LogP contribution is 2.65. The van der Waals surface area contributed by atoms with E-state index in [1.165, 1.54) is 37.7 Å². The standard InChI is InChI=1S/C17H21NO/c19-16(4-3-12-2-1-5-18-11-12)17-9-13-6-14(10-17)8-15(17)7-13/h1-2,5,11,13-15H,3-4,6-10H2. The minimum atomic E-state index is 0.107. The molecule has 2 atom stereocenters. The number of pyridine rings is 1. The van der Waals surface area contributed by atoms with Crippen LogP contribution in [0.25, 0.3) is 0 Å². The summed E-state index contributed by atoms with van der Waals surface area (Å²) in [6, 6.07) is 4.04. The summed E-state index contributed by atoms with van der Waals surface area (Å²) in [5.41, 5.74) is 1.31. The first kappa shape index (κ1) is 11.6. The third-order valence-corrected chi connectivity index (χ3v) is 5.91. The molecule has 4 bridgehead atoms. The Morgan fingerprint density at radius 1 is 1.26 bits per heavy atom. The molecule has 1 aromatic rings. The van der Waals surface area contributed by atoms with Gasteiger partial charge in [0.15, 0.2) is 0 Å². The van der Waals surface area contributed by atoms with Gasteiger partial charge in [0.25, 0.3) is 0 Å². The number of carbonyl (C=O) groups is 1. The molecule has 0 spiro atoms. The third kappa shape index (κ3) is 1.76. The second-order valence-corrected chi connectivity index (χ2v) is 6.98. The first-order valence-electron chi connectivity index (χ1n) is 7.68. The highest BCUT2D eigenvalue weighted by molar-refractivity contribution is 5.86. The predicted octanol–water partition coefficient (Wildman–Crippen LogP) is 3.41. The topological polar surface area (TPSA) is 30.0 Å². The quantitative estimate of drug-likeness (QED) is 0.825. The summed E-state index contributed by atoms with van der Waals surface area (Å²) in [6.45, 7) is 0. The number of nitrogens with zero attached hydrogens (tertiary/aromatic N) is 1. The summed E-state index contributed by atoms with van der Waals surface area (Å²) in [5, 5.41) is 0. The first-order chi connectivity index (χ1) is 9.26. The monoisotopic (exact) mass is 255 g/mol. The van der Waals surface area contributed by atoms with Crippen LogP contribution in [0.5, 0.6) is 0 Å². The van der Waals surface area contributed by atoms with Crippen molar-refractivity contribution in [2.75, 3.05) is 0 Å². The van der Waals surface area contributed by atoms with Crippen LogP contribution in [0.3, 0.4) is 0 Å². The van der Waals surface area contributed by atoms with Gasteiger partial charge in [0.05, 0.1) is 0 Å². The summed E-state index contributed by atoms with van der Waals surface area (Å²) in [6.07, 6.45) is 11.8. The average Bonchev–Trinajstić information content (AvgIpc) is 2.83. The SMILES string of the molecule is O=C(CCc1cccnc1)C12CC3CC(CC1C3)C2. The number of hydrogen-bond donors (Lipinski definition) is 0. The Morgan fingerprint density at radius 3 is 2.74 bits per heavy atom. The lowest BCUT2D eigenvalue weighted by molar-refractivity contribution is -0.130. The third-order valence-electron chi connectivity index (χ3n) is 5.91. The van der Waals surface area contributed by atoms with E-state index < -0.39 is 0 Å². The molecule has 0 saturated heterocycles. The maximum atomic E-state index is 12.8. The van der Waals surface area contributed by atoms with Gasteiger partial charge in [0.1, 0.15) is 5.78 Å². The number of Topliss-reactive ketones (excluding diaryl/α,β-unsaturated/α-hetero) is 1. The van der Waals surface area contributed by atoms with E-state index in [0.29, 0.717) is 5.78 Å². The van der Waals surface area contributed by atoms with Crippen molar-refractivity contribution in [3.8, 4) is 0 Å². The van der Waals surface area contributed by atoms with Crippen LogP contribution in [0.15, 0.2) is 24.5 Å². The van der Waals surface area contributed by atoms with Crippen molar-refractivity contribution in [2.24, 2.45) is 23.2 Å². The van der Waals surface area contributed by atoms with Gasteiger partial charge < -0.3 is 0 Å². The Kier molecular flexibility index (Phi) is 2.54. The molecule has 19 heavy (non-hydrogen) atoms. The molecule has 0 aromatic carbocycles. The van der Waals surface area contributed by atoms with E-state index in [2.05, 4.69) is 11.1 Å². The molecule has 0 radical (unpaired) electrons. The molecular weight excluding hydrogens is 234 g/mol. The molecule has 0 amide bonds. The number of hydrogen-bond acceptors (Lipinski definition) is 2. The second kappa shape index (κ2) is 4.16. The largest absolute Gasteiger partial charge is 0.299 e. The molecule has 0 N–H and O–H groups in total. The van der Waals surface area contributed by atoms with Gasteiger partial charge in [-0.15, -0.1) is 0 Å². The van der Waals surface area contributed by atoms with E-state index in [1.54, 1.807) is 6.20 Å². The van der Waals surface area contributed by atoms with Gasteiger partial charge in [0, 0.05) is 24.2 Å². The maximum absolute atomic E-state index is 12.8. The normalized spacial score (nSPS) is 38.8. The Balaban J connectivity index is 1.47. The zero-order valence-corrected chi connectivity index (χ0v) is 11.3. The van der Waals surface area contributed by atoms with Gasteiger partial charge in [-0.25, -0.2) is 0 Å². The summed E-state index contributed by atoms with van der Waals surface area (Å²) in [5.74, 6) is 3.04. The number of aryl methyl sites for hydroxylation is 1. The van der Waals surface area contributed by atoms with Crippen LogP contribution in [0.4, 0.5) is 0 Å². The molecule has 0 aliphatic heterocycles. The second-order valence-electron chi connectivity index (χ2n) is 6.98. The summed E-state index contributed by atoms with van der Waals surface area (Å²) in [4.78, 5) is 16.9. The molecule has 5 rings (SSSR count). The molecule has 1 aromatic heterocycles. The van der Waals surface area contributed by atoms with Crippen LogP contribution < -0.4 is 0 Å². The van der Waals surface area contributed by atoms with Crippen LogP contribution in [0.1, 0.15) is 44.1 Å². The first-order valence-corrected chi connectivity index (χ1v) is 7.68. The van der Waals surface area contributed by atoms with Crippen LogP contribution in [0.2, 0.25) is 0 Å². The summed E-state index contributed by atoms with van der Waals surface area (Å²) < 4.78 is 0. The minimum absolute atomic E-state index is 0.107. The van der Waals surface area contributed by atoms with Crippen molar-refractivity contribution in [1.29, 1.82) is 0 Å². The summed E-state index contributed by atoms with van der Waals surface area (Å²) in [7, 11) is 0. The lowest BCUT2D eigenvalue weighted by Crippen LogP contribution is -2.32. The van der Waals surface area contributed by atoms with E-state index in [9.17, 15) is 4.79 Å². The Bertz CT molecular complexity index is 481. The van der Waals surface area contributed by atoms with E-state index >= 15 is 0 Å². The predicted molar refractivity (Wildman–Crippen MR) is 73.6 cm³/mol. The van der Waals surface area contributed by atoms with Crippen molar-refractivity contribution in [1.82, 2.24) is 4.98 Å². The fourth-order valence-corrected chi connectivity index (χ4v) is 5.30. The highest BCUT2D eigenvalue weighted by Gasteiger charge is 2.60. The molecule has 2 unspecified atom stereocenters. The lowest BCUT2D eigenvalue weighted by Gasteiger charge is -2.31. The van der Waals surface area contributed by atoms with E-state index in [-0.39, 0.29) is 5.41 Å². The van der Waals surface area contributed by atoms with Gasteiger partial charge in [-0.2, -0.15) is 0 Å². The molecule has 4 fully saturated rings. The van der Waals surface area contributed by atoms with Gasteiger partial charge in [-0.1, -0.05) is 6.07 Å². The lowest BCUT2D eigenvalue weighted by atomic mass is 9.71. The number of aromatic nitrogens is 1. The molecule has 2 heteroatoms. The summed E-state index contributed by atoms with van der Waals surface area (Å²) >= 11 is 0. The van der Waals surface area contributed by atoms with Gasteiger partial charge in [-0.05, 0) is 67.9 Å². The molecule has 4 saturated carbocycles. The van der Waals surface area contributed by atoms with Gasteiger partial charge in [0.2, 0.25) is 0 Å². The fourth-order valence-electron chi connectivity index (χ4n) is 5.30. The molecular formula is C17H21NO. The van der Waals surface area contributed by atoms with Crippen molar-refractivity contribution in [3.05, 3.63) is 30.1 Å². The van der Waals surface area contributed by atoms with Crippen LogP contribution >= 0.6 is 0 Å². The molecule has 4 aliphatic rings. The van der Waals surface area contributed by atoms with Crippen LogP contribution in [-0.4, -0.2) is 10.8 Å². The number of carbonyl (C=O) groups excluding carboxylic acids is 1. The van der Waals surface area contributed by atoms with Crippen molar-refractivity contribution in [2.45, 2.75) is 44.9 Å². The van der Waals surface area contributed by atoms with Crippen molar-refractivity contribution >= 4 is 5.78 Å².